The van der Waals surface area contributed by atoms with E-state index in [1.807, 2.05) is 0 Å². The average molecular weight is 360 g/mol. The molecule has 3 rings (SSSR count). The van der Waals surface area contributed by atoms with Crippen LogP contribution in [-0.2, 0) is 11.5 Å². The van der Waals surface area contributed by atoms with Gasteiger partial charge in [-0.2, -0.15) is 4.68 Å². The van der Waals surface area contributed by atoms with E-state index in [1.54, 1.807) is 48.5 Å². The van der Waals surface area contributed by atoms with E-state index in [9.17, 15) is 9.59 Å². The van der Waals surface area contributed by atoms with Crippen LogP contribution in [-0.4, -0.2) is 21.0 Å². The molecular weight excluding hydrogens is 350 g/mol. The topological polar surface area (TPSA) is 74.1 Å². The molecule has 0 unspecified atom stereocenters. The Bertz CT molecular complexity index is 908. The highest BCUT2D eigenvalue weighted by molar-refractivity contribution is 9.10. The van der Waals surface area contributed by atoms with Crippen LogP contribution in [0.4, 0.5) is 0 Å². The quantitative estimate of drug-likeness (QED) is 0.671. The van der Waals surface area contributed by atoms with Gasteiger partial charge in [-0.3, -0.25) is 4.79 Å². The summed E-state index contributed by atoms with van der Waals surface area (Å²) in [7, 11) is 0. The van der Waals surface area contributed by atoms with Crippen LogP contribution in [0.15, 0.2) is 57.8 Å². The van der Waals surface area contributed by atoms with E-state index in [0.29, 0.717) is 20.9 Å². The fourth-order valence-corrected chi connectivity index (χ4v) is 2.38. The van der Waals surface area contributed by atoms with Gasteiger partial charge in [0.05, 0.1) is 10.9 Å². The molecule has 0 saturated carbocycles. The highest BCUT2D eigenvalue weighted by Gasteiger charge is 2.12. The van der Waals surface area contributed by atoms with Crippen molar-refractivity contribution in [2.45, 2.75) is 6.73 Å². The number of carbonyl (C=O) groups is 1. The van der Waals surface area contributed by atoms with Crippen LogP contribution < -0.4 is 5.56 Å². The van der Waals surface area contributed by atoms with Crippen LogP contribution >= 0.6 is 15.9 Å². The highest BCUT2D eigenvalue weighted by atomic mass is 79.9. The highest BCUT2D eigenvalue weighted by Crippen LogP contribution is 2.16. The molecule has 0 aliphatic rings. The van der Waals surface area contributed by atoms with Gasteiger partial charge in [-0.1, -0.05) is 29.5 Å². The second-order valence-electron chi connectivity index (χ2n) is 4.45. The first-order valence-electron chi connectivity index (χ1n) is 6.41. The number of ether oxygens (including phenoxy) is 1. The third kappa shape index (κ3) is 2.75. The van der Waals surface area contributed by atoms with Crippen LogP contribution in [0.2, 0.25) is 0 Å². The lowest BCUT2D eigenvalue weighted by Gasteiger charge is -2.07. The fourth-order valence-electron chi connectivity index (χ4n) is 1.93. The van der Waals surface area contributed by atoms with E-state index >= 15 is 0 Å². The summed E-state index contributed by atoms with van der Waals surface area (Å²) in [6.07, 6.45) is 0. The molecule has 6 nitrogen and oxygen atoms in total. The molecule has 0 aliphatic carbocycles. The predicted molar refractivity (Wildman–Crippen MR) is 83.4 cm³/mol. The van der Waals surface area contributed by atoms with E-state index in [4.69, 9.17) is 4.74 Å². The molecule has 2 aromatic carbocycles. The third-order valence-electron chi connectivity index (χ3n) is 3.04. The fraction of sp³-hybridized carbons (Fsp3) is 0.0667. The van der Waals surface area contributed by atoms with Crippen molar-refractivity contribution in [3.63, 3.8) is 0 Å². The second kappa shape index (κ2) is 6.07. The predicted octanol–water partition coefficient (Wildman–Crippen LogP) is 2.37. The minimum absolute atomic E-state index is 0.295. The number of carbonyl (C=O) groups excluding carboxylic acids is 1. The van der Waals surface area contributed by atoms with E-state index in [2.05, 4.69) is 26.2 Å². The van der Waals surface area contributed by atoms with Gasteiger partial charge in [-0.15, -0.1) is 5.10 Å². The SMILES string of the molecule is O=C(OCn1nnc2ccccc2c1=O)c1ccccc1Br. The monoisotopic (exact) mass is 359 g/mol. The van der Waals surface area contributed by atoms with Gasteiger partial charge in [0, 0.05) is 4.47 Å². The van der Waals surface area contributed by atoms with Crippen LogP contribution in [0.5, 0.6) is 0 Å². The largest absolute Gasteiger partial charge is 0.439 e. The molecule has 7 heteroatoms. The Labute approximate surface area is 133 Å². The maximum absolute atomic E-state index is 12.2. The third-order valence-corrected chi connectivity index (χ3v) is 3.73. The first-order valence-corrected chi connectivity index (χ1v) is 7.20. The summed E-state index contributed by atoms with van der Waals surface area (Å²) >= 11 is 3.27. The minimum Gasteiger partial charge on any atom is -0.439 e. The van der Waals surface area contributed by atoms with Crippen LogP contribution in [0.1, 0.15) is 10.4 Å². The van der Waals surface area contributed by atoms with Crippen molar-refractivity contribution in [3.8, 4) is 0 Å². The number of nitrogens with zero attached hydrogens (tertiary/aromatic N) is 3. The summed E-state index contributed by atoms with van der Waals surface area (Å²) in [5.74, 6) is -0.547. The molecule has 0 spiro atoms. The van der Waals surface area contributed by atoms with Gasteiger partial charge in [-0.25, -0.2) is 4.79 Å². The molecule has 0 N–H and O–H groups in total. The zero-order chi connectivity index (χ0) is 15.5. The number of hydrogen-bond donors (Lipinski definition) is 0. The van der Waals surface area contributed by atoms with Crippen molar-refractivity contribution >= 4 is 32.8 Å². The molecule has 1 aromatic heterocycles. The summed E-state index contributed by atoms with van der Waals surface area (Å²) in [6.45, 7) is -0.295. The summed E-state index contributed by atoms with van der Waals surface area (Å²) in [4.78, 5) is 24.2. The van der Waals surface area contributed by atoms with Gasteiger partial charge < -0.3 is 4.74 Å². The van der Waals surface area contributed by atoms with Gasteiger partial charge in [0.1, 0.15) is 5.52 Å². The molecule has 0 aliphatic heterocycles. The number of fused-ring (bicyclic) bond motifs is 1. The Morgan fingerprint density at radius 1 is 1.14 bits per heavy atom. The smallest absolute Gasteiger partial charge is 0.341 e. The van der Waals surface area contributed by atoms with E-state index in [0.717, 1.165) is 4.68 Å². The van der Waals surface area contributed by atoms with Gasteiger partial charge >= 0.3 is 5.97 Å². The minimum atomic E-state index is -0.547. The van der Waals surface area contributed by atoms with Crippen LogP contribution in [0, 0.1) is 0 Å². The van der Waals surface area contributed by atoms with Crippen LogP contribution in [0.25, 0.3) is 10.9 Å². The maximum atomic E-state index is 12.2. The Kier molecular flexibility index (Phi) is 3.97. The second-order valence-corrected chi connectivity index (χ2v) is 5.31. The van der Waals surface area contributed by atoms with E-state index in [1.165, 1.54) is 0 Å². The average Bonchev–Trinajstić information content (AvgIpc) is 2.55. The molecule has 0 bridgehead atoms. The zero-order valence-corrected chi connectivity index (χ0v) is 12.9. The van der Waals surface area contributed by atoms with Crippen molar-refractivity contribution < 1.29 is 9.53 Å². The summed E-state index contributed by atoms with van der Waals surface area (Å²) in [5.41, 5.74) is 0.524. The molecule has 110 valence electrons. The van der Waals surface area contributed by atoms with Crippen molar-refractivity contribution in [3.05, 3.63) is 68.9 Å². The molecule has 0 saturated heterocycles. The van der Waals surface area contributed by atoms with Gasteiger partial charge in [0.15, 0.2) is 6.73 Å². The first kappa shape index (κ1) is 14.4. The van der Waals surface area contributed by atoms with Gasteiger partial charge in [-0.05, 0) is 40.2 Å². The summed E-state index contributed by atoms with van der Waals surface area (Å²) < 4.78 is 6.75. The lowest BCUT2D eigenvalue weighted by molar-refractivity contribution is 0.0335. The lowest BCUT2D eigenvalue weighted by atomic mass is 10.2. The van der Waals surface area contributed by atoms with Crippen molar-refractivity contribution in [1.82, 2.24) is 15.0 Å². The van der Waals surface area contributed by atoms with E-state index in [-0.39, 0.29) is 12.3 Å². The number of esters is 1. The van der Waals surface area contributed by atoms with Crippen molar-refractivity contribution in [1.29, 1.82) is 0 Å². The Hall–Kier alpha value is -2.54. The standard InChI is InChI=1S/C15H10BrN3O3/c16-12-7-3-1-5-10(12)15(21)22-9-19-14(20)11-6-2-4-8-13(11)17-18-19/h1-8H,9H2. The number of rotatable bonds is 3. The molecule has 0 radical (unpaired) electrons. The lowest BCUT2D eigenvalue weighted by Crippen LogP contribution is -2.26. The number of hydrogen-bond acceptors (Lipinski definition) is 5. The number of aromatic nitrogens is 3. The Morgan fingerprint density at radius 3 is 2.68 bits per heavy atom. The van der Waals surface area contributed by atoms with Gasteiger partial charge in [0.2, 0.25) is 0 Å². The summed E-state index contributed by atoms with van der Waals surface area (Å²) in [5, 5.41) is 8.11. The molecule has 3 aromatic rings. The molecule has 0 amide bonds. The number of halogens is 1. The molecular formula is C15H10BrN3O3. The van der Waals surface area contributed by atoms with Crippen LogP contribution in [0.3, 0.4) is 0 Å². The Morgan fingerprint density at radius 2 is 1.86 bits per heavy atom. The van der Waals surface area contributed by atoms with Crippen molar-refractivity contribution in [2.24, 2.45) is 0 Å². The maximum Gasteiger partial charge on any atom is 0.341 e. The van der Waals surface area contributed by atoms with E-state index < -0.39 is 5.97 Å². The van der Waals surface area contributed by atoms with Gasteiger partial charge in [0.25, 0.3) is 5.56 Å². The Balaban J connectivity index is 1.83. The summed E-state index contributed by atoms with van der Waals surface area (Å²) in [6, 6.07) is 13.7. The molecule has 22 heavy (non-hydrogen) atoms. The first-order chi connectivity index (χ1) is 10.7. The van der Waals surface area contributed by atoms with Crippen molar-refractivity contribution in [2.75, 3.05) is 0 Å². The molecule has 0 fully saturated rings. The zero-order valence-electron chi connectivity index (χ0n) is 11.3. The molecule has 1 heterocycles. The number of benzene rings is 2. The normalized spacial score (nSPS) is 10.6. The molecule has 0 atom stereocenters.